The van der Waals surface area contributed by atoms with Gasteiger partial charge in [-0.3, -0.25) is 4.79 Å². The molecule has 5 nitrogen and oxygen atoms in total. The third-order valence-electron chi connectivity index (χ3n) is 5.88. The van der Waals surface area contributed by atoms with E-state index in [-0.39, 0.29) is 54.6 Å². The average Bonchev–Trinajstić information content (AvgIpc) is 3.40. The van der Waals surface area contributed by atoms with Gasteiger partial charge in [0.25, 0.3) is 0 Å². The number of amides is 1. The minimum atomic E-state index is -0.0516. The van der Waals surface area contributed by atoms with E-state index in [1.165, 1.54) is 0 Å². The first-order chi connectivity index (χ1) is 13.0. The molecule has 0 spiro atoms. The van der Waals surface area contributed by atoms with Crippen LogP contribution in [0.1, 0.15) is 69.6 Å². The van der Waals surface area contributed by atoms with Crippen molar-refractivity contribution in [1.82, 2.24) is 9.88 Å². The normalized spacial score (nSPS) is 23.7. The number of carbonyl (C=O) groups excluding carboxylic acids is 1. The Bertz CT molecular complexity index is 810. The summed E-state index contributed by atoms with van der Waals surface area (Å²) in [6.45, 7) is 5.03. The maximum absolute atomic E-state index is 13.1. The Morgan fingerprint density at radius 3 is 2.52 bits per heavy atom. The number of benzene rings is 1. The van der Waals surface area contributed by atoms with Gasteiger partial charge in [-0.25, -0.2) is 4.98 Å². The van der Waals surface area contributed by atoms with E-state index in [0.717, 1.165) is 55.7 Å². The van der Waals surface area contributed by atoms with Gasteiger partial charge in [-0.2, -0.15) is 0 Å². The molecule has 2 heterocycles. The first-order valence-electron chi connectivity index (χ1n) is 10.2. The van der Waals surface area contributed by atoms with Crippen molar-refractivity contribution in [2.24, 2.45) is 11.7 Å². The van der Waals surface area contributed by atoms with Crippen molar-refractivity contribution >= 4 is 30.7 Å². The second-order valence-electron chi connectivity index (χ2n) is 8.25. The monoisotopic (exact) mass is 439 g/mol. The number of carbonyl (C=O) groups is 1. The van der Waals surface area contributed by atoms with Gasteiger partial charge >= 0.3 is 0 Å². The summed E-state index contributed by atoms with van der Waals surface area (Å²) in [5.41, 5.74) is 8.00. The van der Waals surface area contributed by atoms with Crippen molar-refractivity contribution in [1.29, 1.82) is 0 Å². The van der Waals surface area contributed by atoms with Crippen molar-refractivity contribution in [3.05, 3.63) is 42.0 Å². The average molecular weight is 440 g/mol. The first-order valence-corrected chi connectivity index (χ1v) is 10.2. The zero-order valence-corrected chi connectivity index (χ0v) is 18.7. The smallest absolute Gasteiger partial charge is 0.226 e. The topological polar surface area (TPSA) is 72.4 Å². The summed E-state index contributed by atoms with van der Waals surface area (Å²) < 4.78 is 6.25. The number of halogens is 2. The molecule has 1 saturated carbocycles. The maximum Gasteiger partial charge on any atom is 0.226 e. The number of nitrogens with zero attached hydrogens (tertiary/aromatic N) is 2. The van der Waals surface area contributed by atoms with E-state index < -0.39 is 0 Å². The van der Waals surface area contributed by atoms with E-state index in [0.29, 0.717) is 5.89 Å². The highest BCUT2D eigenvalue weighted by atomic mass is 35.5. The van der Waals surface area contributed by atoms with E-state index in [1.54, 1.807) is 0 Å². The lowest BCUT2D eigenvalue weighted by Crippen LogP contribution is -2.35. The molecule has 1 amide bonds. The summed E-state index contributed by atoms with van der Waals surface area (Å²) >= 11 is 0. The third-order valence-corrected chi connectivity index (χ3v) is 5.88. The number of rotatable bonds is 4. The fourth-order valence-corrected chi connectivity index (χ4v) is 4.45. The van der Waals surface area contributed by atoms with Crippen molar-refractivity contribution in [2.45, 2.75) is 64.0 Å². The largest absolute Gasteiger partial charge is 0.442 e. The molecule has 1 aromatic heterocycles. The van der Waals surface area contributed by atoms with E-state index in [4.69, 9.17) is 15.1 Å². The molecule has 29 heavy (non-hydrogen) atoms. The van der Waals surface area contributed by atoms with Crippen LogP contribution in [0.25, 0.3) is 11.3 Å². The van der Waals surface area contributed by atoms with Crippen LogP contribution in [0.2, 0.25) is 0 Å². The quantitative estimate of drug-likeness (QED) is 0.718. The Balaban J connectivity index is 0.00000150. The van der Waals surface area contributed by atoms with Gasteiger partial charge in [-0.15, -0.1) is 24.8 Å². The molecule has 1 aromatic carbocycles. The fourth-order valence-electron chi connectivity index (χ4n) is 4.45. The molecular weight excluding hydrogens is 409 g/mol. The van der Waals surface area contributed by atoms with E-state index >= 15 is 0 Å². The lowest BCUT2D eigenvalue weighted by Gasteiger charge is -2.25. The minimum absolute atomic E-state index is 0. The Morgan fingerprint density at radius 2 is 1.90 bits per heavy atom. The predicted octanol–water partition coefficient (Wildman–Crippen LogP) is 5.10. The standard InChI is InChI=1S/C22H29N3O2.2ClH/c1-14(2)20-19(15-7-4-3-5-8-15)24-21(27-20)18-9-6-12-25(18)22(26)16-10-11-17(23)13-16;;/h3-5,7-8,14,16-18H,6,9-13,23H2,1-2H3;2*1H. The Labute approximate surface area is 185 Å². The second kappa shape index (κ2) is 9.96. The first kappa shape index (κ1) is 23.7. The summed E-state index contributed by atoms with van der Waals surface area (Å²) in [6.07, 6.45) is 4.57. The molecule has 2 N–H and O–H groups in total. The van der Waals surface area contributed by atoms with Crippen LogP contribution >= 0.6 is 24.8 Å². The number of aromatic nitrogens is 1. The molecule has 1 saturated heterocycles. The molecule has 4 rings (SSSR count). The fraction of sp³-hybridized carbons (Fsp3) is 0.545. The zero-order valence-electron chi connectivity index (χ0n) is 17.0. The number of nitrogens with two attached hydrogens (primary N) is 1. The molecule has 7 heteroatoms. The van der Waals surface area contributed by atoms with Crippen LogP contribution in [0.5, 0.6) is 0 Å². The molecule has 0 bridgehead atoms. The lowest BCUT2D eigenvalue weighted by atomic mass is 10.0. The van der Waals surface area contributed by atoms with Gasteiger partial charge in [-0.1, -0.05) is 44.2 Å². The molecule has 1 aliphatic carbocycles. The third kappa shape index (κ3) is 4.79. The highest BCUT2D eigenvalue weighted by molar-refractivity contribution is 5.85. The van der Waals surface area contributed by atoms with Crippen LogP contribution in [0.4, 0.5) is 0 Å². The number of hydrogen-bond donors (Lipinski definition) is 1. The molecule has 2 fully saturated rings. The molecular formula is C22H31Cl2N3O2. The van der Waals surface area contributed by atoms with Crippen molar-refractivity contribution in [3.8, 4) is 11.3 Å². The van der Waals surface area contributed by atoms with E-state index in [9.17, 15) is 4.79 Å². The van der Waals surface area contributed by atoms with Crippen LogP contribution in [-0.2, 0) is 4.79 Å². The van der Waals surface area contributed by atoms with Gasteiger partial charge in [0.15, 0.2) is 0 Å². The molecule has 2 aliphatic rings. The molecule has 3 unspecified atom stereocenters. The van der Waals surface area contributed by atoms with Gasteiger partial charge in [-0.05, 0) is 32.1 Å². The number of hydrogen-bond acceptors (Lipinski definition) is 4. The number of oxazole rings is 1. The van der Waals surface area contributed by atoms with Gasteiger partial charge in [0.1, 0.15) is 17.5 Å². The molecule has 0 radical (unpaired) electrons. The summed E-state index contributed by atoms with van der Waals surface area (Å²) in [4.78, 5) is 19.9. The zero-order chi connectivity index (χ0) is 19.0. The molecule has 3 atom stereocenters. The molecule has 2 aromatic rings. The SMILES string of the molecule is CC(C)c1oc(C2CCCN2C(=O)C2CCC(N)C2)nc1-c1ccccc1.Cl.Cl. The highest BCUT2D eigenvalue weighted by Gasteiger charge is 2.39. The summed E-state index contributed by atoms with van der Waals surface area (Å²) in [5.74, 6) is 2.12. The highest BCUT2D eigenvalue weighted by Crippen LogP contribution is 2.39. The summed E-state index contributed by atoms with van der Waals surface area (Å²) in [5, 5.41) is 0. The Hall–Kier alpha value is -1.56. The van der Waals surface area contributed by atoms with Gasteiger partial charge in [0, 0.05) is 30.0 Å². The van der Waals surface area contributed by atoms with Crippen molar-refractivity contribution < 1.29 is 9.21 Å². The molecule has 160 valence electrons. The van der Waals surface area contributed by atoms with Crippen LogP contribution in [0.3, 0.4) is 0 Å². The number of likely N-dealkylation sites (tertiary alicyclic amines) is 1. The van der Waals surface area contributed by atoms with Gasteiger partial charge < -0.3 is 15.1 Å². The van der Waals surface area contributed by atoms with Gasteiger partial charge in [0.2, 0.25) is 11.8 Å². The second-order valence-corrected chi connectivity index (χ2v) is 8.25. The summed E-state index contributed by atoms with van der Waals surface area (Å²) in [6, 6.07) is 10.3. The van der Waals surface area contributed by atoms with E-state index in [2.05, 4.69) is 26.0 Å². The molecule has 1 aliphatic heterocycles. The Kier molecular flexibility index (Phi) is 8.15. The lowest BCUT2D eigenvalue weighted by molar-refractivity contribution is -0.136. The van der Waals surface area contributed by atoms with Crippen LogP contribution in [0.15, 0.2) is 34.7 Å². The minimum Gasteiger partial charge on any atom is -0.442 e. The van der Waals surface area contributed by atoms with E-state index in [1.807, 2.05) is 23.1 Å². The Morgan fingerprint density at radius 1 is 1.17 bits per heavy atom. The predicted molar refractivity (Wildman–Crippen MR) is 120 cm³/mol. The maximum atomic E-state index is 13.1. The van der Waals surface area contributed by atoms with Gasteiger partial charge in [0.05, 0.1) is 0 Å². The van der Waals surface area contributed by atoms with Crippen molar-refractivity contribution in [3.63, 3.8) is 0 Å². The summed E-state index contributed by atoms with van der Waals surface area (Å²) in [7, 11) is 0. The van der Waals surface area contributed by atoms with Crippen LogP contribution in [0, 0.1) is 5.92 Å². The van der Waals surface area contributed by atoms with Crippen molar-refractivity contribution in [2.75, 3.05) is 6.54 Å². The van der Waals surface area contributed by atoms with Crippen LogP contribution < -0.4 is 5.73 Å². The van der Waals surface area contributed by atoms with Crippen LogP contribution in [-0.4, -0.2) is 28.4 Å².